The van der Waals surface area contributed by atoms with Gasteiger partial charge in [0.1, 0.15) is 6.42 Å². The summed E-state index contributed by atoms with van der Waals surface area (Å²) in [5, 5.41) is 15.4. The molecule has 1 unspecified atom stereocenters. The maximum atomic E-state index is 9.43. The molecule has 0 heterocycles. The fraction of sp³-hybridized carbons (Fsp3) is 0.778. The molecule has 1 atom stereocenters. The third-order valence-corrected chi connectivity index (χ3v) is 2.01. The Hall–Kier alpha value is -0.0600. The second kappa shape index (κ2) is 11.0. The predicted molar refractivity (Wildman–Crippen MR) is 54.6 cm³/mol. The van der Waals surface area contributed by atoms with Crippen LogP contribution in [0.15, 0.2) is 0 Å². The topological polar surface area (TPSA) is 74.6 Å². The average molecular weight is 212 g/mol. The molecule has 0 spiro atoms. The van der Waals surface area contributed by atoms with Crippen molar-refractivity contribution in [3.63, 3.8) is 0 Å². The zero-order chi connectivity index (χ0) is 11.6. The summed E-state index contributed by atoms with van der Waals surface area (Å²) in [7, 11) is 0. The molecule has 2 N–H and O–H groups in total. The normalized spacial score (nSPS) is 11.1. The van der Waals surface area contributed by atoms with Gasteiger partial charge >= 0.3 is 76.1 Å². The maximum Gasteiger partial charge on any atom is 0.314 e. The minimum absolute atomic E-state index is 0.806. The van der Waals surface area contributed by atoms with E-state index >= 15 is 0 Å². The minimum Gasteiger partial charge on any atom is -0.481 e. The van der Waals surface area contributed by atoms with Gasteiger partial charge in [-0.1, -0.05) is 0 Å². The van der Waals surface area contributed by atoms with Gasteiger partial charge in [-0.15, -0.1) is 0 Å². The smallest absolute Gasteiger partial charge is 0.314 e. The molecular weight excluding hydrogens is 195 g/mol. The molecule has 0 amide bonds. The summed E-state index contributed by atoms with van der Waals surface area (Å²) in [4.78, 5) is 18.9. The van der Waals surface area contributed by atoms with Gasteiger partial charge in [0.25, 0.3) is 0 Å². The van der Waals surface area contributed by atoms with Crippen molar-refractivity contribution in [3.05, 3.63) is 0 Å². The van der Waals surface area contributed by atoms with Gasteiger partial charge in [-0.05, 0) is 0 Å². The first-order valence-corrected chi connectivity index (χ1v) is 5.99. The molecule has 0 aromatic rings. The Kier molecular flexibility index (Phi) is 12.9. The molecule has 0 aliphatic rings. The molecule has 4 nitrogen and oxygen atoms in total. The summed E-state index contributed by atoms with van der Waals surface area (Å²) < 4.78 is 1.04. The van der Waals surface area contributed by atoms with Crippen molar-refractivity contribution >= 4 is 39.9 Å². The molecule has 0 aliphatic carbocycles. The van der Waals surface area contributed by atoms with Gasteiger partial charge in [-0.25, -0.2) is 0 Å². The van der Waals surface area contributed by atoms with Gasteiger partial charge in [-0.2, -0.15) is 0 Å². The number of aliphatic carboxylic acids is 2. The van der Waals surface area contributed by atoms with Gasteiger partial charge in [-0.3, -0.25) is 9.59 Å². The van der Waals surface area contributed by atoms with E-state index in [1.54, 1.807) is 0 Å². The van der Waals surface area contributed by atoms with Gasteiger partial charge in [0.2, 0.25) is 0 Å². The van der Waals surface area contributed by atoms with Crippen molar-refractivity contribution in [3.8, 4) is 0 Å². The van der Waals surface area contributed by atoms with E-state index in [-0.39, 0.29) is 0 Å². The Morgan fingerprint density at radius 2 is 1.71 bits per heavy atom. The van der Waals surface area contributed by atoms with Crippen LogP contribution in [0.4, 0.5) is 0 Å². The first-order valence-electron chi connectivity index (χ1n) is 4.83. The van der Waals surface area contributed by atoms with E-state index in [0.29, 0.717) is 0 Å². The molecule has 0 saturated carbocycles. The van der Waals surface area contributed by atoms with Crippen LogP contribution in [0.2, 0.25) is 3.17 Å². The molecule has 0 aromatic carbocycles. The molecule has 5 heteroatoms. The van der Waals surface area contributed by atoms with Gasteiger partial charge in [0.15, 0.2) is 0 Å². The predicted octanol–water partition coefficient (Wildman–Crippen LogP) is 1.70. The SMILES string of the molecule is CCCC[CH](C)[Na].O=C(O)CC(=O)O. The Labute approximate surface area is 102 Å². The van der Waals surface area contributed by atoms with Crippen LogP contribution in [0, 0.1) is 0 Å². The van der Waals surface area contributed by atoms with Crippen molar-refractivity contribution in [2.45, 2.75) is 42.7 Å². The molecular formula is C9H17NaO4. The molecule has 0 saturated heterocycles. The van der Waals surface area contributed by atoms with Crippen LogP contribution in [0.25, 0.3) is 0 Å². The number of unbranched alkanes of at least 4 members (excludes halogenated alkanes) is 1. The third kappa shape index (κ3) is 22.7. The summed E-state index contributed by atoms with van der Waals surface area (Å²) in [6, 6.07) is 0. The standard InChI is InChI=1S/C6H13.C3H4O4.Na/c1-3-5-6-4-2;4-2(5)1-3(6)7;/h3H,4-6H2,1-2H3;1H2,(H,4,5)(H,6,7);. The summed E-state index contributed by atoms with van der Waals surface area (Å²) in [5.41, 5.74) is 0. The molecule has 0 rings (SSSR count). The number of hydrogen-bond donors (Lipinski definition) is 2. The third-order valence-electron chi connectivity index (χ3n) is 1.44. The van der Waals surface area contributed by atoms with Crippen LogP contribution in [0.3, 0.4) is 0 Å². The van der Waals surface area contributed by atoms with Crippen LogP contribution < -0.4 is 0 Å². The first kappa shape index (κ1) is 16.4. The van der Waals surface area contributed by atoms with E-state index in [4.69, 9.17) is 10.2 Å². The Balaban J connectivity index is 0. The molecule has 0 fully saturated rings. The number of hydrogen-bond acceptors (Lipinski definition) is 2. The zero-order valence-electron chi connectivity index (χ0n) is 9.12. The van der Waals surface area contributed by atoms with E-state index in [1.807, 2.05) is 0 Å². The van der Waals surface area contributed by atoms with Gasteiger partial charge < -0.3 is 10.2 Å². The maximum absolute atomic E-state index is 9.43. The Bertz CT molecular complexity index is 156. The summed E-state index contributed by atoms with van der Waals surface area (Å²) >= 11 is 1.38. The Morgan fingerprint density at radius 3 is 1.79 bits per heavy atom. The first-order chi connectivity index (χ1) is 6.40. The summed E-state index contributed by atoms with van der Waals surface area (Å²) in [6.07, 6.45) is 3.46. The fourth-order valence-electron chi connectivity index (χ4n) is 0.742. The molecule has 0 radical (unpaired) electrons. The van der Waals surface area contributed by atoms with E-state index < -0.39 is 18.4 Å². The summed E-state index contributed by atoms with van der Waals surface area (Å²) in [5.74, 6) is -2.62. The van der Waals surface area contributed by atoms with Crippen molar-refractivity contribution in [2.75, 3.05) is 0 Å². The van der Waals surface area contributed by atoms with Crippen molar-refractivity contribution in [1.82, 2.24) is 0 Å². The number of carbonyl (C=O) groups is 2. The van der Waals surface area contributed by atoms with Crippen LogP contribution in [-0.2, 0) is 9.59 Å². The second-order valence-corrected chi connectivity index (χ2v) is 5.47. The van der Waals surface area contributed by atoms with Crippen LogP contribution >= 0.6 is 0 Å². The fourth-order valence-corrected chi connectivity index (χ4v) is 1.15. The number of rotatable bonds is 5. The summed E-state index contributed by atoms with van der Waals surface area (Å²) in [6.45, 7) is 4.59. The monoisotopic (exact) mass is 212 g/mol. The zero-order valence-corrected chi connectivity index (χ0v) is 11.1. The van der Waals surface area contributed by atoms with Gasteiger partial charge in [0, 0.05) is 0 Å². The molecule has 0 aromatic heterocycles. The molecule has 0 aliphatic heterocycles. The molecule has 14 heavy (non-hydrogen) atoms. The van der Waals surface area contributed by atoms with Gasteiger partial charge in [0.05, 0.1) is 0 Å². The van der Waals surface area contributed by atoms with Crippen LogP contribution in [0.5, 0.6) is 0 Å². The quantitative estimate of drug-likeness (QED) is 0.537. The van der Waals surface area contributed by atoms with Crippen molar-refractivity contribution in [1.29, 1.82) is 0 Å². The molecule has 0 bridgehead atoms. The molecule has 78 valence electrons. The van der Waals surface area contributed by atoms with E-state index in [1.165, 1.54) is 47.2 Å². The Morgan fingerprint density at radius 1 is 1.29 bits per heavy atom. The average Bonchev–Trinajstić information content (AvgIpc) is 1.99. The van der Waals surface area contributed by atoms with Crippen molar-refractivity contribution in [2.24, 2.45) is 0 Å². The van der Waals surface area contributed by atoms with Crippen LogP contribution in [-0.4, -0.2) is 50.1 Å². The van der Waals surface area contributed by atoms with Crippen LogP contribution in [0.1, 0.15) is 39.5 Å². The van der Waals surface area contributed by atoms with Crippen molar-refractivity contribution < 1.29 is 19.8 Å². The van der Waals surface area contributed by atoms with E-state index in [0.717, 1.165) is 3.17 Å². The number of carboxylic acid groups (broad SMARTS) is 2. The second-order valence-electron chi connectivity index (χ2n) is 3.50. The van der Waals surface area contributed by atoms with E-state index in [9.17, 15) is 9.59 Å². The minimum atomic E-state index is -1.31. The largest absolute Gasteiger partial charge is 0.481 e. The number of carboxylic acids is 2. The van der Waals surface area contributed by atoms with E-state index in [2.05, 4.69) is 13.8 Å².